The topological polar surface area (TPSA) is 236 Å². The molecule has 2 heterocycles. The van der Waals surface area contributed by atoms with E-state index < -0.39 is 89.8 Å². The van der Waals surface area contributed by atoms with E-state index >= 15 is 0 Å². The fraction of sp³-hybridized carbons (Fsp3) is 0.600. The zero-order chi connectivity index (χ0) is 50.9. The molecule has 4 rings (SSSR count). The molecule has 5 N–H and O–H groups in total. The number of nitrogens with one attached hydrogen (secondary N) is 4. The van der Waals surface area contributed by atoms with Crippen LogP contribution in [0.5, 0.6) is 5.75 Å². The Morgan fingerprint density at radius 2 is 1.19 bits per heavy atom. The molecule has 2 aromatic carbocycles. The van der Waals surface area contributed by atoms with Gasteiger partial charge in [-0.2, -0.15) is 0 Å². The number of methoxy groups -OCH3 is 1. The molecule has 8 amide bonds. The van der Waals surface area contributed by atoms with Crippen molar-refractivity contribution in [3.05, 3.63) is 65.7 Å². The Balaban J connectivity index is 1.43. The molecule has 0 aromatic heterocycles. The maximum atomic E-state index is 14.5. The Labute approximate surface area is 406 Å². The number of benzene rings is 2. The van der Waals surface area contributed by atoms with Crippen LogP contribution in [0.15, 0.2) is 54.6 Å². The van der Waals surface area contributed by atoms with Crippen LogP contribution in [0, 0.1) is 11.8 Å². The minimum atomic E-state index is -1.26. The first-order valence-corrected chi connectivity index (χ1v) is 24.0. The van der Waals surface area contributed by atoms with Crippen molar-refractivity contribution in [1.82, 2.24) is 40.9 Å². The van der Waals surface area contributed by atoms with Gasteiger partial charge < -0.3 is 55.4 Å². The number of carbonyl (C=O) groups excluding carboxylic acids is 8. The summed E-state index contributed by atoms with van der Waals surface area (Å²) in [6, 6.07) is 10.5. The first-order valence-electron chi connectivity index (χ1n) is 24.0. The van der Waals surface area contributed by atoms with Crippen LogP contribution in [0.2, 0.25) is 0 Å². The van der Waals surface area contributed by atoms with Crippen LogP contribution in [-0.2, 0) is 51.3 Å². The van der Waals surface area contributed by atoms with Gasteiger partial charge in [-0.1, -0.05) is 70.2 Å². The quantitative estimate of drug-likeness (QED) is 0.101. The molecule has 0 spiro atoms. The molecule has 0 radical (unpaired) electrons. The van der Waals surface area contributed by atoms with Crippen LogP contribution in [0.1, 0.15) is 91.2 Å². The summed E-state index contributed by atoms with van der Waals surface area (Å²) in [5.41, 5.74) is 1.51. The van der Waals surface area contributed by atoms with Crippen molar-refractivity contribution in [2.75, 3.05) is 47.4 Å². The monoisotopic (exact) mass is 963 g/mol. The predicted molar refractivity (Wildman–Crippen MR) is 257 cm³/mol. The summed E-state index contributed by atoms with van der Waals surface area (Å²) in [4.78, 5) is 114. The van der Waals surface area contributed by atoms with Gasteiger partial charge in [0, 0.05) is 46.7 Å². The largest absolute Gasteiger partial charge is 0.497 e. The van der Waals surface area contributed by atoms with Gasteiger partial charge in [-0.25, -0.2) is 4.79 Å². The molecule has 19 nitrogen and oxygen atoms in total. The Morgan fingerprint density at radius 1 is 0.667 bits per heavy atom. The summed E-state index contributed by atoms with van der Waals surface area (Å²) in [5.74, 6) is -2.79. The molecule has 2 fully saturated rings. The second-order valence-electron chi connectivity index (χ2n) is 18.9. The Bertz CT molecular complexity index is 2070. The second kappa shape index (κ2) is 26.5. The predicted octanol–water partition coefficient (Wildman–Crippen LogP) is 2.38. The molecule has 2 aliphatic heterocycles. The Kier molecular flexibility index (Phi) is 21.3. The second-order valence-corrected chi connectivity index (χ2v) is 18.9. The molecule has 2 aromatic rings. The molecular weight excluding hydrogens is 889 g/mol. The first-order chi connectivity index (χ1) is 32.7. The zero-order valence-corrected chi connectivity index (χ0v) is 41.7. The van der Waals surface area contributed by atoms with Gasteiger partial charge in [-0.3, -0.25) is 33.6 Å². The summed E-state index contributed by atoms with van der Waals surface area (Å²) >= 11 is 0. The highest BCUT2D eigenvalue weighted by molar-refractivity contribution is 5.96. The summed E-state index contributed by atoms with van der Waals surface area (Å²) < 4.78 is 10.6. The van der Waals surface area contributed by atoms with Crippen molar-refractivity contribution >= 4 is 47.4 Å². The third-order valence-electron chi connectivity index (χ3n) is 12.5. The molecule has 380 valence electrons. The van der Waals surface area contributed by atoms with E-state index in [-0.39, 0.29) is 50.9 Å². The summed E-state index contributed by atoms with van der Waals surface area (Å²) in [6.45, 7) is 11.1. The van der Waals surface area contributed by atoms with Crippen molar-refractivity contribution in [3.63, 3.8) is 0 Å². The minimum Gasteiger partial charge on any atom is -0.497 e. The van der Waals surface area contributed by atoms with Crippen molar-refractivity contribution in [2.24, 2.45) is 11.8 Å². The number of hydrogen-bond acceptors (Lipinski definition) is 11. The van der Waals surface area contributed by atoms with E-state index in [0.29, 0.717) is 44.4 Å². The summed E-state index contributed by atoms with van der Waals surface area (Å²) in [5, 5.41) is 20.9. The lowest BCUT2D eigenvalue weighted by molar-refractivity contribution is -0.150. The van der Waals surface area contributed by atoms with Gasteiger partial charge in [-0.05, 0) is 87.5 Å². The number of aliphatic hydroxyl groups is 1. The smallest absolute Gasteiger partial charge is 0.408 e. The fourth-order valence-corrected chi connectivity index (χ4v) is 8.67. The summed E-state index contributed by atoms with van der Waals surface area (Å²) in [6.07, 6.45) is 0.489. The van der Waals surface area contributed by atoms with Gasteiger partial charge in [0.2, 0.25) is 35.4 Å². The standard InChI is InChI=1S/C50H74N8O11/c1-31(2)27-38(54-43(60)33(5)53-50(67)69-30-36-15-11-10-12-16-36)47(64)58-26-14-18-40(58)49(66)56(8)42(29-35-19-21-37(68-9)22-20-35)45(62)52-24-23-51-44(61)41(28-32(3)4)55(7)48(65)39-17-13-25-57(39)46(63)34(6)59/h10-12,15-16,19-22,31-34,38-42,59H,13-14,17-18,23-30H2,1-9H3,(H,51,61)(H,52,62)(H,53,67)(H,54,60)/t33?,34-,38-,39-,40-,41?,42-/m0/s1. The number of hydrogen-bond donors (Lipinski definition) is 5. The van der Waals surface area contributed by atoms with Crippen LogP contribution in [0.25, 0.3) is 0 Å². The summed E-state index contributed by atoms with van der Waals surface area (Å²) in [7, 11) is 4.58. The van der Waals surface area contributed by atoms with Crippen LogP contribution in [0.3, 0.4) is 0 Å². The fourth-order valence-electron chi connectivity index (χ4n) is 8.67. The third-order valence-corrected chi connectivity index (χ3v) is 12.5. The number of alkyl carbamates (subject to hydrolysis) is 1. The number of carbonyl (C=O) groups is 8. The average molecular weight is 963 g/mol. The molecular formula is C50H74N8O11. The van der Waals surface area contributed by atoms with E-state index in [4.69, 9.17) is 9.47 Å². The number of amides is 8. The SMILES string of the molecule is COc1ccc(C[C@@H](C(=O)NCCNC(=O)C(CC(C)C)N(C)C(=O)[C@@H]2CCCN2C(=O)[C@H](C)O)N(C)C(=O)[C@@H]2CCCN2C(=O)[C@H](CC(C)C)NC(=O)C(C)NC(=O)OCc2ccccc2)cc1. The number of nitrogens with zero attached hydrogens (tertiary/aromatic N) is 4. The lowest BCUT2D eigenvalue weighted by atomic mass is 10.0. The van der Waals surface area contributed by atoms with Crippen LogP contribution in [-0.4, -0.2) is 162 Å². The van der Waals surface area contributed by atoms with E-state index in [9.17, 15) is 43.5 Å². The third kappa shape index (κ3) is 15.9. The minimum absolute atomic E-state index is 0.00105. The van der Waals surface area contributed by atoms with Crippen LogP contribution < -0.4 is 26.0 Å². The Hall–Kier alpha value is -6.24. The highest BCUT2D eigenvalue weighted by Crippen LogP contribution is 2.25. The molecule has 2 aliphatic rings. The molecule has 0 saturated carbocycles. The van der Waals surface area contributed by atoms with Crippen molar-refractivity contribution in [2.45, 2.75) is 135 Å². The normalized spacial score (nSPS) is 17.8. The molecule has 2 unspecified atom stereocenters. The van der Waals surface area contributed by atoms with Crippen molar-refractivity contribution < 1.29 is 52.9 Å². The van der Waals surface area contributed by atoms with E-state index in [1.165, 1.54) is 54.7 Å². The van der Waals surface area contributed by atoms with Gasteiger partial charge in [0.1, 0.15) is 54.7 Å². The lowest BCUT2D eigenvalue weighted by Crippen LogP contribution is -2.58. The number of rotatable bonds is 23. The zero-order valence-electron chi connectivity index (χ0n) is 41.7. The molecule has 19 heteroatoms. The van der Waals surface area contributed by atoms with Crippen LogP contribution >= 0.6 is 0 Å². The highest BCUT2D eigenvalue weighted by atomic mass is 16.5. The maximum absolute atomic E-state index is 14.5. The van der Waals surface area contributed by atoms with E-state index in [0.717, 1.165) is 11.1 Å². The number of aliphatic hydroxyl groups excluding tert-OH is 1. The van der Waals surface area contributed by atoms with E-state index in [1.54, 1.807) is 36.4 Å². The van der Waals surface area contributed by atoms with E-state index in [1.807, 2.05) is 45.9 Å². The van der Waals surface area contributed by atoms with Gasteiger partial charge >= 0.3 is 6.09 Å². The Morgan fingerprint density at radius 3 is 1.71 bits per heavy atom. The van der Waals surface area contributed by atoms with Gasteiger partial charge in [0.25, 0.3) is 5.91 Å². The molecule has 0 bridgehead atoms. The number of likely N-dealkylation sites (N-methyl/N-ethyl adjacent to an activating group) is 2. The van der Waals surface area contributed by atoms with Gasteiger partial charge in [0.05, 0.1) is 7.11 Å². The first kappa shape index (κ1) is 55.4. The molecule has 7 atom stereocenters. The molecule has 0 aliphatic carbocycles. The molecule has 2 saturated heterocycles. The van der Waals surface area contributed by atoms with E-state index in [2.05, 4.69) is 21.3 Å². The van der Waals surface area contributed by atoms with Gasteiger partial charge in [0.15, 0.2) is 0 Å². The number of ether oxygens (including phenoxy) is 2. The van der Waals surface area contributed by atoms with Crippen molar-refractivity contribution in [1.29, 1.82) is 0 Å². The van der Waals surface area contributed by atoms with Crippen LogP contribution in [0.4, 0.5) is 4.79 Å². The number of likely N-dealkylation sites (tertiary alicyclic amines) is 2. The van der Waals surface area contributed by atoms with Crippen molar-refractivity contribution in [3.8, 4) is 5.75 Å². The van der Waals surface area contributed by atoms with Gasteiger partial charge in [-0.15, -0.1) is 0 Å². The highest BCUT2D eigenvalue weighted by Gasteiger charge is 2.42. The average Bonchev–Trinajstić information content (AvgIpc) is 4.03. The lowest BCUT2D eigenvalue weighted by Gasteiger charge is -2.34. The maximum Gasteiger partial charge on any atom is 0.408 e. The molecule has 69 heavy (non-hydrogen) atoms.